The van der Waals surface area contributed by atoms with Gasteiger partial charge in [0, 0.05) is 16.8 Å². The third-order valence-electron chi connectivity index (χ3n) is 2.84. The molecule has 1 aromatic heterocycles. The van der Waals surface area contributed by atoms with Crippen LogP contribution in [-0.4, -0.2) is 0 Å². The van der Waals surface area contributed by atoms with E-state index in [0.29, 0.717) is 0 Å². The summed E-state index contributed by atoms with van der Waals surface area (Å²) in [6.07, 6.45) is 0. The molecule has 0 atom stereocenters. The number of hydrogen-bond donors (Lipinski definition) is 1. The van der Waals surface area contributed by atoms with E-state index in [-0.39, 0.29) is 5.54 Å². The Morgan fingerprint density at radius 1 is 1.19 bits per heavy atom. The van der Waals surface area contributed by atoms with Gasteiger partial charge >= 0.3 is 0 Å². The minimum atomic E-state index is -0.0120. The van der Waals surface area contributed by atoms with Gasteiger partial charge in [0.1, 0.15) is 3.82 Å². The van der Waals surface area contributed by atoms with Crippen molar-refractivity contribution in [1.82, 2.24) is 0 Å². The van der Waals surface area contributed by atoms with Gasteiger partial charge in [-0.05, 0) is 19.9 Å². The van der Waals surface area contributed by atoms with Gasteiger partial charge in [-0.3, -0.25) is 0 Å². The molecule has 0 unspecified atom stereocenters. The van der Waals surface area contributed by atoms with Crippen LogP contribution in [0.2, 0.25) is 0 Å². The average Bonchev–Trinajstić information content (AvgIpc) is 2.61. The fourth-order valence-corrected chi connectivity index (χ4v) is 5.37. The summed E-state index contributed by atoms with van der Waals surface area (Å²) in [5, 5.41) is 3.58. The van der Waals surface area contributed by atoms with Crippen molar-refractivity contribution >= 4 is 38.6 Å². The van der Waals surface area contributed by atoms with Crippen LogP contribution in [-0.2, 0) is 5.54 Å². The minimum Gasteiger partial charge on any atom is -0.375 e. The summed E-state index contributed by atoms with van der Waals surface area (Å²) in [5.74, 6) is 0. The zero-order valence-electron chi connectivity index (χ0n) is 9.03. The Morgan fingerprint density at radius 2 is 1.94 bits per heavy atom. The fraction of sp³-hybridized carbons (Fsp3) is 0.250. The van der Waals surface area contributed by atoms with E-state index in [2.05, 4.69) is 43.4 Å². The lowest BCUT2D eigenvalue weighted by Gasteiger charge is -2.33. The molecule has 1 N–H and O–H groups in total. The lowest BCUT2D eigenvalue weighted by Crippen LogP contribution is -2.30. The second-order valence-electron chi connectivity index (χ2n) is 4.45. The summed E-state index contributed by atoms with van der Waals surface area (Å²) in [7, 11) is 3.50. The van der Waals surface area contributed by atoms with Crippen molar-refractivity contribution in [1.29, 1.82) is 0 Å². The standard InChI is InChI=1S/C12H11NS3/c1-12(2)10-9(11(14)16-15-10)7-5-3-4-6-8(7)13-12/h3-6,13H,1-2H3. The quantitative estimate of drug-likeness (QED) is 0.539. The molecule has 1 aliphatic heterocycles. The lowest BCUT2D eigenvalue weighted by atomic mass is 9.90. The maximum atomic E-state index is 5.45. The Balaban J connectivity index is 2.40. The zero-order valence-corrected chi connectivity index (χ0v) is 11.5. The summed E-state index contributed by atoms with van der Waals surface area (Å²) in [6.45, 7) is 4.42. The number of anilines is 1. The van der Waals surface area contributed by atoms with Crippen LogP contribution in [0.5, 0.6) is 0 Å². The van der Waals surface area contributed by atoms with E-state index in [4.69, 9.17) is 12.2 Å². The molecule has 0 saturated carbocycles. The first-order valence-electron chi connectivity index (χ1n) is 5.11. The zero-order chi connectivity index (χ0) is 11.3. The van der Waals surface area contributed by atoms with Crippen molar-refractivity contribution < 1.29 is 0 Å². The summed E-state index contributed by atoms with van der Waals surface area (Å²) < 4.78 is 1.02. The molecule has 2 aromatic rings. The summed E-state index contributed by atoms with van der Waals surface area (Å²) in [6, 6.07) is 8.40. The predicted molar refractivity (Wildman–Crippen MR) is 75.1 cm³/mol. The number of rotatable bonds is 0. The van der Waals surface area contributed by atoms with Crippen LogP contribution in [0.1, 0.15) is 18.7 Å². The average molecular weight is 265 g/mol. The lowest BCUT2D eigenvalue weighted by molar-refractivity contribution is 0.620. The monoisotopic (exact) mass is 265 g/mol. The number of para-hydroxylation sites is 1. The smallest absolute Gasteiger partial charge is 0.110 e. The highest BCUT2D eigenvalue weighted by Crippen LogP contribution is 2.48. The molecule has 1 aromatic carbocycles. The molecule has 1 nitrogen and oxygen atoms in total. The van der Waals surface area contributed by atoms with Crippen molar-refractivity contribution in [2.45, 2.75) is 19.4 Å². The second kappa shape index (κ2) is 3.39. The Kier molecular flexibility index (Phi) is 2.21. The number of benzene rings is 1. The van der Waals surface area contributed by atoms with Crippen molar-refractivity contribution in [3.63, 3.8) is 0 Å². The molecule has 2 heterocycles. The summed E-state index contributed by atoms with van der Waals surface area (Å²) in [5.41, 5.74) is 3.70. The normalized spacial score (nSPS) is 16.1. The molecule has 1 aliphatic rings. The summed E-state index contributed by atoms with van der Waals surface area (Å²) >= 11 is 5.45. The summed E-state index contributed by atoms with van der Waals surface area (Å²) in [4.78, 5) is 1.36. The third-order valence-corrected chi connectivity index (χ3v) is 6.18. The van der Waals surface area contributed by atoms with Crippen LogP contribution >= 0.6 is 32.9 Å². The largest absolute Gasteiger partial charge is 0.375 e. The van der Waals surface area contributed by atoms with Gasteiger partial charge in [-0.1, -0.05) is 51.1 Å². The van der Waals surface area contributed by atoms with Crippen molar-refractivity contribution in [2.24, 2.45) is 0 Å². The van der Waals surface area contributed by atoms with Crippen LogP contribution < -0.4 is 5.32 Å². The molecule has 0 bridgehead atoms. The molecule has 0 spiro atoms. The molecule has 16 heavy (non-hydrogen) atoms. The van der Waals surface area contributed by atoms with E-state index in [1.807, 2.05) is 0 Å². The molecule has 4 heteroatoms. The fourth-order valence-electron chi connectivity index (χ4n) is 2.11. The first-order valence-corrected chi connectivity index (χ1v) is 7.66. The van der Waals surface area contributed by atoms with E-state index < -0.39 is 0 Å². The van der Waals surface area contributed by atoms with Crippen LogP contribution in [0.4, 0.5) is 5.69 Å². The Labute approximate surface area is 107 Å². The molecule has 82 valence electrons. The molecule has 0 radical (unpaired) electrons. The van der Waals surface area contributed by atoms with Gasteiger partial charge in [0.15, 0.2) is 0 Å². The van der Waals surface area contributed by atoms with E-state index >= 15 is 0 Å². The second-order valence-corrected chi connectivity index (χ2v) is 7.27. The van der Waals surface area contributed by atoms with E-state index in [1.165, 1.54) is 21.7 Å². The van der Waals surface area contributed by atoms with Crippen LogP contribution in [0, 0.1) is 3.82 Å². The number of fused-ring (bicyclic) bond motifs is 3. The van der Waals surface area contributed by atoms with Crippen LogP contribution in [0.15, 0.2) is 24.3 Å². The third kappa shape index (κ3) is 1.37. The first kappa shape index (κ1) is 10.4. The SMILES string of the molecule is CC1(C)Nc2ccccc2-c2c1ssc2=S. The van der Waals surface area contributed by atoms with Gasteiger partial charge < -0.3 is 5.32 Å². The van der Waals surface area contributed by atoms with E-state index in [0.717, 1.165) is 3.82 Å². The highest BCUT2D eigenvalue weighted by atomic mass is 32.9. The Bertz CT molecular complexity index is 607. The van der Waals surface area contributed by atoms with Crippen molar-refractivity contribution in [3.8, 4) is 11.1 Å². The minimum absolute atomic E-state index is 0.0120. The maximum Gasteiger partial charge on any atom is 0.110 e. The number of hydrogen-bond acceptors (Lipinski definition) is 4. The molecule has 0 fully saturated rings. The molecule has 0 aliphatic carbocycles. The maximum absolute atomic E-state index is 5.45. The van der Waals surface area contributed by atoms with Gasteiger partial charge in [0.2, 0.25) is 0 Å². The molecule has 0 amide bonds. The van der Waals surface area contributed by atoms with Crippen molar-refractivity contribution in [3.05, 3.63) is 33.0 Å². The highest BCUT2D eigenvalue weighted by Gasteiger charge is 2.32. The first-order chi connectivity index (χ1) is 7.59. The van der Waals surface area contributed by atoms with E-state index in [9.17, 15) is 0 Å². The Morgan fingerprint density at radius 3 is 2.75 bits per heavy atom. The van der Waals surface area contributed by atoms with Gasteiger partial charge in [0.05, 0.1) is 10.4 Å². The van der Waals surface area contributed by atoms with Crippen LogP contribution in [0.25, 0.3) is 11.1 Å². The molecular formula is C12H11NS3. The Hall–Kier alpha value is -0.710. The van der Waals surface area contributed by atoms with Gasteiger partial charge in [-0.15, -0.1) is 0 Å². The van der Waals surface area contributed by atoms with Gasteiger partial charge in [-0.2, -0.15) is 0 Å². The van der Waals surface area contributed by atoms with E-state index in [1.54, 1.807) is 20.7 Å². The van der Waals surface area contributed by atoms with Gasteiger partial charge in [0.25, 0.3) is 0 Å². The van der Waals surface area contributed by atoms with Crippen molar-refractivity contribution in [2.75, 3.05) is 5.32 Å². The topological polar surface area (TPSA) is 12.0 Å². The molecule has 0 saturated heterocycles. The van der Waals surface area contributed by atoms with Gasteiger partial charge in [-0.25, -0.2) is 0 Å². The molecular weight excluding hydrogens is 254 g/mol. The highest BCUT2D eigenvalue weighted by molar-refractivity contribution is 7.80. The van der Waals surface area contributed by atoms with Crippen LogP contribution in [0.3, 0.4) is 0 Å². The number of nitrogens with one attached hydrogen (secondary N) is 1. The predicted octanol–water partition coefficient (Wildman–Crippen LogP) is 4.87. The molecule has 3 rings (SSSR count).